The summed E-state index contributed by atoms with van der Waals surface area (Å²) in [6.45, 7) is 1.93. The number of aromatic amines is 1. The van der Waals surface area contributed by atoms with Gasteiger partial charge in [0.2, 0.25) is 0 Å². The van der Waals surface area contributed by atoms with E-state index in [9.17, 15) is 4.79 Å². The second-order valence-corrected chi connectivity index (χ2v) is 6.35. The zero-order valence-electron chi connectivity index (χ0n) is 13.6. The maximum atomic E-state index is 12.6. The lowest BCUT2D eigenvalue weighted by Crippen LogP contribution is -2.29. The fourth-order valence-electron chi connectivity index (χ4n) is 3.49. The first-order valence-corrected chi connectivity index (χ1v) is 8.37. The van der Waals surface area contributed by atoms with Gasteiger partial charge in [-0.25, -0.2) is 0 Å². The van der Waals surface area contributed by atoms with E-state index in [0.717, 1.165) is 29.6 Å². The Labute approximate surface area is 139 Å². The topological polar surface area (TPSA) is 88.5 Å². The van der Waals surface area contributed by atoms with Gasteiger partial charge >= 0.3 is 0 Å². The van der Waals surface area contributed by atoms with Crippen molar-refractivity contribution in [2.75, 3.05) is 0 Å². The van der Waals surface area contributed by atoms with Crippen molar-refractivity contribution in [2.24, 2.45) is 0 Å². The molecule has 1 aliphatic carbocycles. The number of carbonyl (C=O) groups is 1. The predicted molar refractivity (Wildman–Crippen MR) is 89.5 cm³/mol. The molecule has 0 saturated heterocycles. The molecular formula is C17H20N6O. The standard InChI is InChI=1S/C17H20N6O/c1-11(16-22-18-10-23(16)12-6-2-3-7-12)19-17(24)15-13-8-4-5-9-14(13)20-21-15/h4-5,8-12H,2-3,6-7H2,1H3,(H,19,24)(H,20,21)/t11-/m0/s1. The van der Waals surface area contributed by atoms with Crippen LogP contribution in [0.2, 0.25) is 0 Å². The largest absolute Gasteiger partial charge is 0.341 e. The van der Waals surface area contributed by atoms with Crippen LogP contribution >= 0.6 is 0 Å². The summed E-state index contributed by atoms with van der Waals surface area (Å²) in [5, 5.41) is 19.1. The van der Waals surface area contributed by atoms with Crippen LogP contribution in [0.15, 0.2) is 30.6 Å². The normalized spacial score (nSPS) is 16.5. The highest BCUT2D eigenvalue weighted by molar-refractivity contribution is 6.04. The second kappa shape index (κ2) is 6.07. The molecule has 1 amide bonds. The monoisotopic (exact) mass is 324 g/mol. The number of hydrogen-bond acceptors (Lipinski definition) is 4. The molecule has 0 bridgehead atoms. The lowest BCUT2D eigenvalue weighted by molar-refractivity contribution is 0.0933. The highest BCUT2D eigenvalue weighted by Gasteiger charge is 2.24. The van der Waals surface area contributed by atoms with E-state index in [2.05, 4.69) is 30.3 Å². The maximum absolute atomic E-state index is 12.6. The van der Waals surface area contributed by atoms with Gasteiger partial charge in [0.05, 0.1) is 11.6 Å². The molecule has 0 spiro atoms. The van der Waals surface area contributed by atoms with Crippen LogP contribution in [0.3, 0.4) is 0 Å². The van der Waals surface area contributed by atoms with Gasteiger partial charge in [0.15, 0.2) is 11.5 Å². The van der Waals surface area contributed by atoms with E-state index < -0.39 is 0 Å². The van der Waals surface area contributed by atoms with Gasteiger partial charge in [0.1, 0.15) is 6.33 Å². The van der Waals surface area contributed by atoms with Gasteiger partial charge < -0.3 is 9.88 Å². The Bertz CT molecular complexity index is 861. The lowest BCUT2D eigenvalue weighted by atomic mass is 10.2. The van der Waals surface area contributed by atoms with Crippen LogP contribution in [0.25, 0.3) is 10.9 Å². The maximum Gasteiger partial charge on any atom is 0.273 e. The minimum absolute atomic E-state index is 0.207. The number of nitrogens with zero attached hydrogens (tertiary/aromatic N) is 4. The molecule has 124 valence electrons. The Morgan fingerprint density at radius 1 is 1.33 bits per heavy atom. The van der Waals surface area contributed by atoms with Crippen molar-refractivity contribution >= 4 is 16.8 Å². The van der Waals surface area contributed by atoms with Crippen molar-refractivity contribution in [3.8, 4) is 0 Å². The van der Waals surface area contributed by atoms with Crippen LogP contribution in [0.4, 0.5) is 0 Å². The highest BCUT2D eigenvalue weighted by Crippen LogP contribution is 2.31. The molecule has 7 heteroatoms. The summed E-state index contributed by atoms with van der Waals surface area (Å²) < 4.78 is 2.11. The SMILES string of the molecule is C[C@H](NC(=O)c1n[nH]c2ccccc12)c1nncn1C1CCCC1. The number of amides is 1. The van der Waals surface area contributed by atoms with Crippen molar-refractivity contribution in [3.63, 3.8) is 0 Å². The molecule has 0 aliphatic heterocycles. The van der Waals surface area contributed by atoms with E-state index >= 15 is 0 Å². The molecule has 2 aromatic heterocycles. The van der Waals surface area contributed by atoms with E-state index in [-0.39, 0.29) is 11.9 Å². The average molecular weight is 324 g/mol. The average Bonchev–Trinajstić information content (AvgIpc) is 3.33. The summed E-state index contributed by atoms with van der Waals surface area (Å²) in [6.07, 6.45) is 6.55. The Balaban J connectivity index is 1.55. The molecule has 3 aromatic rings. The molecule has 0 radical (unpaired) electrons. The fourth-order valence-corrected chi connectivity index (χ4v) is 3.49. The van der Waals surface area contributed by atoms with Gasteiger partial charge in [-0.3, -0.25) is 9.89 Å². The van der Waals surface area contributed by atoms with Crippen molar-refractivity contribution in [3.05, 3.63) is 42.1 Å². The molecule has 7 nitrogen and oxygen atoms in total. The van der Waals surface area contributed by atoms with Crippen LogP contribution in [-0.2, 0) is 0 Å². The fraction of sp³-hybridized carbons (Fsp3) is 0.412. The van der Waals surface area contributed by atoms with Crippen LogP contribution in [0.5, 0.6) is 0 Å². The zero-order valence-corrected chi connectivity index (χ0v) is 13.6. The van der Waals surface area contributed by atoms with E-state index in [1.807, 2.05) is 31.2 Å². The summed E-state index contributed by atoms with van der Waals surface area (Å²) >= 11 is 0. The molecule has 1 aliphatic rings. The molecule has 1 saturated carbocycles. The molecule has 1 fully saturated rings. The van der Waals surface area contributed by atoms with E-state index in [1.54, 1.807) is 6.33 Å². The molecule has 1 atom stereocenters. The molecule has 0 unspecified atom stereocenters. The van der Waals surface area contributed by atoms with Crippen LogP contribution in [0.1, 0.15) is 61.0 Å². The number of carbonyl (C=O) groups excluding carboxylic acids is 1. The van der Waals surface area contributed by atoms with E-state index in [4.69, 9.17) is 0 Å². The molecule has 1 aromatic carbocycles. The molecule has 4 rings (SSSR count). The van der Waals surface area contributed by atoms with Crippen molar-refractivity contribution in [1.29, 1.82) is 0 Å². The summed E-state index contributed by atoms with van der Waals surface area (Å²) in [5.74, 6) is 0.594. The van der Waals surface area contributed by atoms with Gasteiger partial charge in [0.25, 0.3) is 5.91 Å². The third-order valence-electron chi connectivity index (χ3n) is 4.74. The summed E-state index contributed by atoms with van der Waals surface area (Å²) in [5.41, 5.74) is 1.26. The minimum atomic E-state index is -0.226. The van der Waals surface area contributed by atoms with Gasteiger partial charge in [0, 0.05) is 11.4 Å². The molecular weight excluding hydrogens is 304 g/mol. The molecule has 2 N–H and O–H groups in total. The Morgan fingerprint density at radius 2 is 2.12 bits per heavy atom. The number of rotatable bonds is 4. The number of H-pyrrole nitrogens is 1. The van der Waals surface area contributed by atoms with Crippen LogP contribution in [0, 0.1) is 0 Å². The number of fused-ring (bicyclic) bond motifs is 1. The summed E-state index contributed by atoms with van der Waals surface area (Å²) in [7, 11) is 0. The van der Waals surface area contributed by atoms with Crippen LogP contribution < -0.4 is 5.32 Å². The Morgan fingerprint density at radius 3 is 2.96 bits per heavy atom. The first-order valence-electron chi connectivity index (χ1n) is 8.37. The number of nitrogens with one attached hydrogen (secondary N) is 2. The number of hydrogen-bond donors (Lipinski definition) is 2. The Kier molecular flexibility index (Phi) is 3.76. The van der Waals surface area contributed by atoms with Crippen molar-refractivity contribution < 1.29 is 4.79 Å². The van der Waals surface area contributed by atoms with Gasteiger partial charge in [-0.1, -0.05) is 31.0 Å². The first-order chi connectivity index (χ1) is 11.7. The quantitative estimate of drug-likeness (QED) is 0.772. The van der Waals surface area contributed by atoms with Gasteiger partial charge in [-0.2, -0.15) is 5.10 Å². The minimum Gasteiger partial charge on any atom is -0.341 e. The number of benzene rings is 1. The number of aromatic nitrogens is 5. The lowest BCUT2D eigenvalue weighted by Gasteiger charge is -2.18. The highest BCUT2D eigenvalue weighted by atomic mass is 16.2. The summed E-state index contributed by atoms with van der Waals surface area (Å²) in [6, 6.07) is 7.82. The number of para-hydroxylation sites is 1. The van der Waals surface area contributed by atoms with E-state index in [1.165, 1.54) is 12.8 Å². The molecule has 2 heterocycles. The second-order valence-electron chi connectivity index (χ2n) is 6.35. The van der Waals surface area contributed by atoms with E-state index in [0.29, 0.717) is 11.7 Å². The van der Waals surface area contributed by atoms with Gasteiger partial charge in [-0.05, 0) is 25.8 Å². The Hall–Kier alpha value is -2.70. The molecule has 24 heavy (non-hydrogen) atoms. The third kappa shape index (κ3) is 2.55. The third-order valence-corrected chi connectivity index (χ3v) is 4.74. The van der Waals surface area contributed by atoms with Crippen LogP contribution in [-0.4, -0.2) is 30.9 Å². The summed E-state index contributed by atoms with van der Waals surface area (Å²) in [4.78, 5) is 12.6. The zero-order chi connectivity index (χ0) is 16.5. The first kappa shape index (κ1) is 14.9. The predicted octanol–water partition coefficient (Wildman–Crippen LogP) is 2.76. The smallest absolute Gasteiger partial charge is 0.273 e. The van der Waals surface area contributed by atoms with Crippen molar-refractivity contribution in [2.45, 2.75) is 44.7 Å². The van der Waals surface area contributed by atoms with Crippen molar-refractivity contribution in [1.82, 2.24) is 30.3 Å². The van der Waals surface area contributed by atoms with Gasteiger partial charge in [-0.15, -0.1) is 10.2 Å².